The first kappa shape index (κ1) is 17.6. The van der Waals surface area contributed by atoms with Crippen molar-refractivity contribution in [2.45, 2.75) is 32.9 Å². The van der Waals surface area contributed by atoms with Crippen molar-refractivity contribution < 1.29 is 14.3 Å². The number of ether oxygens (including phenoxy) is 1. The molecule has 0 radical (unpaired) electrons. The van der Waals surface area contributed by atoms with Crippen LogP contribution in [0, 0.1) is 0 Å². The Kier molecular flexibility index (Phi) is 4.91. The van der Waals surface area contributed by atoms with E-state index in [9.17, 15) is 9.59 Å². The lowest BCUT2D eigenvalue weighted by Crippen LogP contribution is -2.35. The van der Waals surface area contributed by atoms with Gasteiger partial charge >= 0.3 is 5.97 Å². The minimum Gasteiger partial charge on any atom is -0.465 e. The lowest BCUT2D eigenvalue weighted by molar-refractivity contribution is 0.0600. The summed E-state index contributed by atoms with van der Waals surface area (Å²) in [6.07, 6.45) is 2.34. The summed E-state index contributed by atoms with van der Waals surface area (Å²) in [5.74, 6) is -0.694. The van der Waals surface area contributed by atoms with Gasteiger partial charge in [0.2, 0.25) is 0 Å². The fourth-order valence-electron chi connectivity index (χ4n) is 3.03. The van der Waals surface area contributed by atoms with Crippen LogP contribution < -0.4 is 5.32 Å². The summed E-state index contributed by atoms with van der Waals surface area (Å²) in [5, 5.41) is 7.43. The third-order valence-corrected chi connectivity index (χ3v) is 5.62. The van der Waals surface area contributed by atoms with Crippen LogP contribution in [0.5, 0.6) is 0 Å². The molecule has 1 amide bonds. The number of hydrogen-bond donors (Lipinski definition) is 1. The SMILES string of the molecule is COC(=O)c1c(NC(=O)c2ccnn2C)sc2c1CCN(C(C)C)C2. The molecule has 0 spiro atoms. The maximum atomic E-state index is 12.5. The average molecular weight is 362 g/mol. The molecule has 1 aliphatic rings. The highest BCUT2D eigenvalue weighted by Gasteiger charge is 2.30. The van der Waals surface area contributed by atoms with E-state index in [1.54, 1.807) is 19.3 Å². The Morgan fingerprint density at radius 2 is 2.16 bits per heavy atom. The van der Waals surface area contributed by atoms with E-state index in [1.165, 1.54) is 23.1 Å². The van der Waals surface area contributed by atoms with Gasteiger partial charge in [-0.05, 0) is 31.9 Å². The Hall–Kier alpha value is -2.19. The highest BCUT2D eigenvalue weighted by molar-refractivity contribution is 7.17. The molecule has 134 valence electrons. The quantitative estimate of drug-likeness (QED) is 0.845. The number of carbonyl (C=O) groups excluding carboxylic acids is 2. The highest BCUT2D eigenvalue weighted by Crippen LogP contribution is 2.38. The first-order valence-electron chi connectivity index (χ1n) is 8.18. The van der Waals surface area contributed by atoms with Crippen molar-refractivity contribution >= 4 is 28.2 Å². The van der Waals surface area contributed by atoms with E-state index in [0.717, 1.165) is 30.0 Å². The Labute approximate surface area is 150 Å². The molecule has 1 aliphatic heterocycles. The zero-order valence-electron chi connectivity index (χ0n) is 14.8. The summed E-state index contributed by atoms with van der Waals surface area (Å²) < 4.78 is 6.46. The summed E-state index contributed by atoms with van der Waals surface area (Å²) in [5.41, 5.74) is 1.92. The number of rotatable bonds is 4. The molecule has 0 fully saturated rings. The van der Waals surface area contributed by atoms with Crippen LogP contribution in [-0.4, -0.2) is 46.3 Å². The molecule has 0 atom stereocenters. The number of aromatic nitrogens is 2. The predicted molar refractivity (Wildman–Crippen MR) is 96.1 cm³/mol. The first-order chi connectivity index (χ1) is 11.9. The molecular formula is C17H22N4O3S. The van der Waals surface area contributed by atoms with E-state index in [0.29, 0.717) is 22.3 Å². The molecule has 0 aliphatic carbocycles. The number of fused-ring (bicyclic) bond motifs is 1. The van der Waals surface area contributed by atoms with Crippen molar-refractivity contribution in [1.82, 2.24) is 14.7 Å². The molecule has 0 saturated heterocycles. The molecule has 25 heavy (non-hydrogen) atoms. The second-order valence-corrected chi connectivity index (χ2v) is 7.41. The van der Waals surface area contributed by atoms with E-state index in [-0.39, 0.29) is 5.91 Å². The van der Waals surface area contributed by atoms with Gasteiger partial charge in [-0.3, -0.25) is 14.4 Å². The fourth-order valence-corrected chi connectivity index (χ4v) is 4.29. The van der Waals surface area contributed by atoms with Gasteiger partial charge in [0, 0.05) is 37.3 Å². The van der Waals surface area contributed by atoms with E-state index >= 15 is 0 Å². The van der Waals surface area contributed by atoms with Gasteiger partial charge < -0.3 is 10.1 Å². The lowest BCUT2D eigenvalue weighted by Gasteiger charge is -2.30. The van der Waals surface area contributed by atoms with Crippen molar-refractivity contribution in [3.63, 3.8) is 0 Å². The van der Waals surface area contributed by atoms with E-state index in [4.69, 9.17) is 4.74 Å². The van der Waals surface area contributed by atoms with Crippen LogP contribution >= 0.6 is 11.3 Å². The maximum absolute atomic E-state index is 12.5. The molecule has 1 N–H and O–H groups in total. The molecular weight excluding hydrogens is 340 g/mol. The number of methoxy groups -OCH3 is 1. The van der Waals surface area contributed by atoms with Gasteiger partial charge in [-0.2, -0.15) is 5.10 Å². The van der Waals surface area contributed by atoms with E-state index in [2.05, 4.69) is 29.2 Å². The molecule has 3 heterocycles. The smallest absolute Gasteiger partial charge is 0.341 e. The Morgan fingerprint density at radius 1 is 1.40 bits per heavy atom. The largest absolute Gasteiger partial charge is 0.465 e. The van der Waals surface area contributed by atoms with Crippen LogP contribution in [0.3, 0.4) is 0 Å². The number of esters is 1. The van der Waals surface area contributed by atoms with Gasteiger partial charge in [-0.15, -0.1) is 11.3 Å². The third kappa shape index (κ3) is 3.32. The molecule has 0 bridgehead atoms. The van der Waals surface area contributed by atoms with Crippen molar-refractivity contribution in [2.24, 2.45) is 7.05 Å². The van der Waals surface area contributed by atoms with Gasteiger partial charge in [0.15, 0.2) is 0 Å². The number of hydrogen-bond acceptors (Lipinski definition) is 6. The molecule has 0 saturated carbocycles. The van der Waals surface area contributed by atoms with Crippen LogP contribution in [0.2, 0.25) is 0 Å². The number of anilines is 1. The van der Waals surface area contributed by atoms with Gasteiger partial charge in [0.1, 0.15) is 10.7 Å². The Bertz CT molecular complexity index is 809. The monoisotopic (exact) mass is 362 g/mol. The van der Waals surface area contributed by atoms with Crippen LogP contribution in [0.4, 0.5) is 5.00 Å². The molecule has 8 heteroatoms. The van der Waals surface area contributed by atoms with Crippen LogP contribution in [-0.2, 0) is 24.8 Å². The van der Waals surface area contributed by atoms with Crippen molar-refractivity contribution in [1.29, 1.82) is 0 Å². The van der Waals surface area contributed by atoms with Crippen LogP contribution in [0.15, 0.2) is 12.3 Å². The number of carbonyl (C=O) groups is 2. The number of nitrogens with zero attached hydrogens (tertiary/aromatic N) is 3. The van der Waals surface area contributed by atoms with E-state index < -0.39 is 5.97 Å². The van der Waals surface area contributed by atoms with Crippen molar-refractivity contribution in [2.75, 3.05) is 19.0 Å². The highest BCUT2D eigenvalue weighted by atomic mass is 32.1. The van der Waals surface area contributed by atoms with Gasteiger partial charge in [-0.1, -0.05) is 0 Å². The minimum absolute atomic E-state index is 0.288. The second-order valence-electron chi connectivity index (χ2n) is 6.31. The number of thiophene rings is 1. The second kappa shape index (κ2) is 6.97. The summed E-state index contributed by atoms with van der Waals surface area (Å²) >= 11 is 1.45. The molecule has 3 rings (SSSR count). The van der Waals surface area contributed by atoms with Gasteiger partial charge in [0.05, 0.1) is 12.7 Å². The summed E-state index contributed by atoms with van der Waals surface area (Å²) in [4.78, 5) is 28.3. The van der Waals surface area contributed by atoms with Crippen LogP contribution in [0.25, 0.3) is 0 Å². The van der Waals surface area contributed by atoms with Crippen molar-refractivity contribution in [3.8, 4) is 0 Å². The molecule has 2 aromatic heterocycles. The standard InChI is InChI=1S/C17H22N4O3S/c1-10(2)21-8-6-11-13(9-21)25-16(14(11)17(23)24-4)19-15(22)12-5-7-18-20(12)3/h5,7,10H,6,8-9H2,1-4H3,(H,19,22). The lowest BCUT2D eigenvalue weighted by atomic mass is 10.0. The Balaban J connectivity index is 1.95. The van der Waals surface area contributed by atoms with Crippen LogP contribution in [0.1, 0.15) is 45.1 Å². The predicted octanol–water partition coefficient (Wildman–Crippen LogP) is 2.29. The molecule has 2 aromatic rings. The zero-order chi connectivity index (χ0) is 18.1. The minimum atomic E-state index is -0.407. The number of aryl methyl sites for hydroxylation is 1. The summed E-state index contributed by atoms with van der Waals surface area (Å²) in [7, 11) is 3.07. The average Bonchev–Trinajstić information content (AvgIpc) is 3.16. The maximum Gasteiger partial charge on any atom is 0.341 e. The summed E-state index contributed by atoms with van der Waals surface area (Å²) in [6, 6.07) is 2.07. The molecule has 0 unspecified atom stereocenters. The zero-order valence-corrected chi connectivity index (χ0v) is 15.6. The summed E-state index contributed by atoms with van der Waals surface area (Å²) in [6.45, 7) is 5.99. The van der Waals surface area contributed by atoms with Crippen molar-refractivity contribution in [3.05, 3.63) is 34.0 Å². The van der Waals surface area contributed by atoms with Gasteiger partial charge in [-0.25, -0.2) is 4.79 Å². The molecule has 7 nitrogen and oxygen atoms in total. The Morgan fingerprint density at radius 3 is 2.76 bits per heavy atom. The topological polar surface area (TPSA) is 76.5 Å². The number of amides is 1. The molecule has 0 aromatic carbocycles. The number of nitrogens with one attached hydrogen (secondary N) is 1. The fraction of sp³-hybridized carbons (Fsp3) is 0.471. The first-order valence-corrected chi connectivity index (χ1v) is 9.00. The van der Waals surface area contributed by atoms with Gasteiger partial charge in [0.25, 0.3) is 5.91 Å². The normalized spacial score (nSPS) is 14.4. The van der Waals surface area contributed by atoms with E-state index in [1.807, 2.05) is 0 Å². The third-order valence-electron chi connectivity index (χ3n) is 4.49.